The molecule has 0 atom stereocenters. The zero-order chi connectivity index (χ0) is 8.97. The molecule has 0 aromatic heterocycles. The quantitative estimate of drug-likeness (QED) is 0.743. The predicted octanol–water partition coefficient (Wildman–Crippen LogP) is 1.89. The number of hydrogen-bond acceptors (Lipinski definition) is 2. The Hall–Kier alpha value is -1.02. The third kappa shape index (κ3) is 1.77. The lowest BCUT2D eigenvalue weighted by Gasteiger charge is -2.09. The highest BCUT2D eigenvalue weighted by atomic mass is 16.5. The molecule has 0 saturated carbocycles. The molecule has 0 aliphatic rings. The van der Waals surface area contributed by atoms with Gasteiger partial charge in [-0.15, -0.1) is 0 Å². The van der Waals surface area contributed by atoms with E-state index < -0.39 is 0 Å². The summed E-state index contributed by atoms with van der Waals surface area (Å²) >= 11 is 0. The third-order valence-electron chi connectivity index (χ3n) is 1.87. The van der Waals surface area contributed by atoms with Crippen LogP contribution in [0.1, 0.15) is 18.1 Å². The van der Waals surface area contributed by atoms with E-state index >= 15 is 0 Å². The number of rotatable bonds is 3. The largest absolute Gasteiger partial charge is 0.494 e. The van der Waals surface area contributed by atoms with E-state index in [1.54, 1.807) is 0 Å². The van der Waals surface area contributed by atoms with Crippen molar-refractivity contribution >= 4 is 0 Å². The number of aliphatic hydroxyl groups excluding tert-OH is 1. The van der Waals surface area contributed by atoms with Gasteiger partial charge in [-0.25, -0.2) is 0 Å². The predicted molar refractivity (Wildman–Crippen MR) is 48.3 cm³/mol. The van der Waals surface area contributed by atoms with Crippen LogP contribution in [0, 0.1) is 6.92 Å². The van der Waals surface area contributed by atoms with Crippen LogP contribution < -0.4 is 4.74 Å². The summed E-state index contributed by atoms with van der Waals surface area (Å²) in [5, 5.41) is 8.96. The molecule has 0 unspecified atom stereocenters. The van der Waals surface area contributed by atoms with Crippen LogP contribution in [0.5, 0.6) is 5.75 Å². The van der Waals surface area contributed by atoms with Crippen LogP contribution >= 0.6 is 0 Å². The van der Waals surface area contributed by atoms with Gasteiger partial charge in [0, 0.05) is 0 Å². The Kier molecular flexibility index (Phi) is 3.11. The number of benzene rings is 1. The first-order valence-electron chi connectivity index (χ1n) is 4.11. The maximum atomic E-state index is 8.96. The van der Waals surface area contributed by atoms with Crippen molar-refractivity contribution in [2.75, 3.05) is 6.61 Å². The van der Waals surface area contributed by atoms with Crippen molar-refractivity contribution in [2.24, 2.45) is 0 Å². The Morgan fingerprint density at radius 3 is 2.75 bits per heavy atom. The van der Waals surface area contributed by atoms with Gasteiger partial charge in [-0.05, 0) is 31.0 Å². The van der Waals surface area contributed by atoms with Crippen LogP contribution in [-0.4, -0.2) is 11.7 Å². The van der Waals surface area contributed by atoms with Gasteiger partial charge in [0.1, 0.15) is 5.75 Å². The summed E-state index contributed by atoms with van der Waals surface area (Å²) in [6.45, 7) is 4.64. The van der Waals surface area contributed by atoms with Gasteiger partial charge in [-0.2, -0.15) is 0 Å². The van der Waals surface area contributed by atoms with Crippen LogP contribution in [0.2, 0.25) is 0 Å². The SMILES string of the molecule is CCOc1cccc(CO)c1C. The average molecular weight is 166 g/mol. The summed E-state index contributed by atoms with van der Waals surface area (Å²) in [6.07, 6.45) is 0. The minimum Gasteiger partial charge on any atom is -0.494 e. The Balaban J connectivity index is 2.97. The molecule has 0 bridgehead atoms. The summed E-state index contributed by atoms with van der Waals surface area (Å²) in [6, 6.07) is 5.71. The maximum absolute atomic E-state index is 8.96. The highest BCUT2D eigenvalue weighted by molar-refractivity contribution is 5.38. The minimum absolute atomic E-state index is 0.0761. The van der Waals surface area contributed by atoms with Crippen molar-refractivity contribution in [3.63, 3.8) is 0 Å². The van der Waals surface area contributed by atoms with Gasteiger partial charge in [0.25, 0.3) is 0 Å². The summed E-state index contributed by atoms with van der Waals surface area (Å²) in [7, 11) is 0. The Labute approximate surface area is 72.8 Å². The second kappa shape index (κ2) is 4.12. The molecule has 0 aliphatic carbocycles. The fourth-order valence-electron chi connectivity index (χ4n) is 1.14. The lowest BCUT2D eigenvalue weighted by molar-refractivity contribution is 0.278. The number of ether oxygens (including phenoxy) is 1. The molecule has 0 spiro atoms. The van der Waals surface area contributed by atoms with E-state index in [2.05, 4.69) is 0 Å². The Morgan fingerprint density at radius 1 is 1.42 bits per heavy atom. The molecule has 2 nitrogen and oxygen atoms in total. The first-order valence-corrected chi connectivity index (χ1v) is 4.11. The molecule has 1 rings (SSSR count). The zero-order valence-corrected chi connectivity index (χ0v) is 7.50. The normalized spacial score (nSPS) is 9.92. The fraction of sp³-hybridized carbons (Fsp3) is 0.400. The summed E-state index contributed by atoms with van der Waals surface area (Å²) in [4.78, 5) is 0. The van der Waals surface area contributed by atoms with Crippen molar-refractivity contribution in [1.82, 2.24) is 0 Å². The van der Waals surface area contributed by atoms with Crippen LogP contribution in [0.25, 0.3) is 0 Å². The molecule has 1 aromatic carbocycles. The topological polar surface area (TPSA) is 29.5 Å². The Morgan fingerprint density at radius 2 is 2.17 bits per heavy atom. The van der Waals surface area contributed by atoms with Gasteiger partial charge in [0.05, 0.1) is 13.2 Å². The summed E-state index contributed by atoms with van der Waals surface area (Å²) in [5.74, 6) is 0.865. The van der Waals surface area contributed by atoms with Gasteiger partial charge in [0.15, 0.2) is 0 Å². The second-order valence-electron chi connectivity index (χ2n) is 2.63. The van der Waals surface area contributed by atoms with Gasteiger partial charge in [-0.3, -0.25) is 0 Å². The van der Waals surface area contributed by atoms with Gasteiger partial charge >= 0.3 is 0 Å². The van der Waals surface area contributed by atoms with E-state index in [-0.39, 0.29) is 6.61 Å². The van der Waals surface area contributed by atoms with Crippen LogP contribution in [0.15, 0.2) is 18.2 Å². The van der Waals surface area contributed by atoms with E-state index in [9.17, 15) is 0 Å². The first-order chi connectivity index (χ1) is 5.79. The van der Waals surface area contributed by atoms with Gasteiger partial charge in [0.2, 0.25) is 0 Å². The van der Waals surface area contributed by atoms with Crippen molar-refractivity contribution < 1.29 is 9.84 Å². The molecule has 0 radical (unpaired) electrons. The molecule has 0 fully saturated rings. The second-order valence-corrected chi connectivity index (χ2v) is 2.63. The average Bonchev–Trinajstić information content (AvgIpc) is 2.09. The molecule has 2 heteroatoms. The zero-order valence-electron chi connectivity index (χ0n) is 7.50. The molecule has 0 heterocycles. The lowest BCUT2D eigenvalue weighted by Crippen LogP contribution is -1.96. The van der Waals surface area contributed by atoms with E-state index in [1.807, 2.05) is 32.0 Å². The Bertz CT molecular complexity index is 256. The standard InChI is InChI=1S/C10H14O2/c1-3-12-10-6-4-5-9(7-11)8(10)2/h4-6,11H,3,7H2,1-2H3. The van der Waals surface area contributed by atoms with Crippen LogP contribution in [-0.2, 0) is 6.61 Å². The van der Waals surface area contributed by atoms with E-state index in [0.717, 1.165) is 16.9 Å². The summed E-state index contributed by atoms with van der Waals surface area (Å²) < 4.78 is 5.37. The molecule has 1 aromatic rings. The van der Waals surface area contributed by atoms with E-state index in [1.165, 1.54) is 0 Å². The van der Waals surface area contributed by atoms with Crippen molar-refractivity contribution in [3.8, 4) is 5.75 Å². The summed E-state index contributed by atoms with van der Waals surface area (Å²) in [5.41, 5.74) is 1.96. The molecular weight excluding hydrogens is 152 g/mol. The molecule has 12 heavy (non-hydrogen) atoms. The van der Waals surface area contributed by atoms with E-state index in [0.29, 0.717) is 6.61 Å². The number of hydrogen-bond donors (Lipinski definition) is 1. The molecule has 66 valence electrons. The van der Waals surface area contributed by atoms with Crippen LogP contribution in [0.3, 0.4) is 0 Å². The molecular formula is C10H14O2. The van der Waals surface area contributed by atoms with E-state index in [4.69, 9.17) is 9.84 Å². The van der Waals surface area contributed by atoms with Crippen molar-refractivity contribution in [2.45, 2.75) is 20.5 Å². The highest BCUT2D eigenvalue weighted by Gasteiger charge is 2.02. The first kappa shape index (κ1) is 9.07. The van der Waals surface area contributed by atoms with Gasteiger partial charge in [-0.1, -0.05) is 12.1 Å². The fourth-order valence-corrected chi connectivity index (χ4v) is 1.14. The third-order valence-corrected chi connectivity index (χ3v) is 1.87. The van der Waals surface area contributed by atoms with Crippen LogP contribution in [0.4, 0.5) is 0 Å². The minimum atomic E-state index is 0.0761. The monoisotopic (exact) mass is 166 g/mol. The molecule has 0 aliphatic heterocycles. The lowest BCUT2D eigenvalue weighted by atomic mass is 10.1. The number of aliphatic hydroxyl groups is 1. The maximum Gasteiger partial charge on any atom is 0.122 e. The smallest absolute Gasteiger partial charge is 0.122 e. The highest BCUT2D eigenvalue weighted by Crippen LogP contribution is 2.20. The van der Waals surface area contributed by atoms with Gasteiger partial charge < -0.3 is 9.84 Å². The molecule has 1 N–H and O–H groups in total. The molecule has 0 amide bonds. The van der Waals surface area contributed by atoms with Crippen molar-refractivity contribution in [1.29, 1.82) is 0 Å². The van der Waals surface area contributed by atoms with Crippen molar-refractivity contribution in [3.05, 3.63) is 29.3 Å². The molecule has 0 saturated heterocycles.